The van der Waals surface area contributed by atoms with E-state index in [0.29, 0.717) is 18.6 Å². The van der Waals surface area contributed by atoms with E-state index in [1.807, 2.05) is 26.0 Å². The van der Waals surface area contributed by atoms with E-state index in [9.17, 15) is 5.11 Å². The highest BCUT2D eigenvalue weighted by Gasteiger charge is 2.14. The zero-order chi connectivity index (χ0) is 12.1. The molecule has 16 heavy (non-hydrogen) atoms. The summed E-state index contributed by atoms with van der Waals surface area (Å²) in [5.41, 5.74) is 3.09. The molecule has 0 bridgehead atoms. The lowest BCUT2D eigenvalue weighted by Crippen LogP contribution is -2.03. The highest BCUT2D eigenvalue weighted by molar-refractivity contribution is 5.42. The Morgan fingerprint density at radius 3 is 2.44 bits per heavy atom. The molecule has 0 radical (unpaired) electrons. The minimum atomic E-state index is -0.568. The van der Waals surface area contributed by atoms with E-state index in [1.165, 1.54) is 0 Å². The number of aryl methyl sites for hydroxylation is 2. The minimum Gasteiger partial charge on any atom is -0.496 e. The number of benzene rings is 1. The molecule has 0 aliphatic heterocycles. The normalized spacial score (nSPS) is 12.6. The third kappa shape index (κ3) is 2.97. The van der Waals surface area contributed by atoms with Gasteiger partial charge in [0.1, 0.15) is 5.75 Å². The van der Waals surface area contributed by atoms with Crippen molar-refractivity contribution >= 4 is 0 Å². The molecule has 2 N–H and O–H groups in total. The van der Waals surface area contributed by atoms with Crippen molar-refractivity contribution in [3.63, 3.8) is 0 Å². The summed E-state index contributed by atoms with van der Waals surface area (Å²) < 4.78 is 5.26. The molecule has 90 valence electrons. The summed E-state index contributed by atoms with van der Waals surface area (Å²) in [6.45, 7) is 4.13. The second kappa shape index (κ2) is 5.87. The highest BCUT2D eigenvalue weighted by Crippen LogP contribution is 2.30. The maximum absolute atomic E-state index is 9.99. The predicted molar refractivity (Wildman–Crippen MR) is 63.7 cm³/mol. The Morgan fingerprint density at radius 2 is 1.88 bits per heavy atom. The molecule has 3 heteroatoms. The molecule has 0 spiro atoms. The fourth-order valence-electron chi connectivity index (χ4n) is 1.69. The smallest absolute Gasteiger partial charge is 0.124 e. The second-order valence-electron chi connectivity index (χ2n) is 4.06. The quantitative estimate of drug-likeness (QED) is 0.805. The van der Waals surface area contributed by atoms with E-state index >= 15 is 0 Å². The molecule has 0 saturated heterocycles. The summed E-state index contributed by atoms with van der Waals surface area (Å²) in [7, 11) is 1.60. The molecule has 0 saturated carbocycles. The van der Waals surface area contributed by atoms with E-state index < -0.39 is 6.10 Å². The third-order valence-corrected chi connectivity index (χ3v) is 2.84. The van der Waals surface area contributed by atoms with Crippen LogP contribution in [0.15, 0.2) is 12.1 Å². The summed E-state index contributed by atoms with van der Waals surface area (Å²) in [6, 6.07) is 3.89. The van der Waals surface area contributed by atoms with Gasteiger partial charge in [0.05, 0.1) is 13.2 Å². The van der Waals surface area contributed by atoms with Gasteiger partial charge in [-0.15, -0.1) is 0 Å². The van der Waals surface area contributed by atoms with Crippen LogP contribution in [-0.4, -0.2) is 23.9 Å². The zero-order valence-corrected chi connectivity index (χ0v) is 10.2. The van der Waals surface area contributed by atoms with Crippen LogP contribution >= 0.6 is 0 Å². The molecule has 1 rings (SSSR count). The molecule has 0 heterocycles. The van der Waals surface area contributed by atoms with Crippen molar-refractivity contribution in [2.45, 2.75) is 32.8 Å². The number of hydrogen-bond donors (Lipinski definition) is 2. The third-order valence-electron chi connectivity index (χ3n) is 2.84. The number of aliphatic hydroxyl groups excluding tert-OH is 2. The van der Waals surface area contributed by atoms with Crippen molar-refractivity contribution in [3.05, 3.63) is 28.8 Å². The number of hydrogen-bond acceptors (Lipinski definition) is 3. The first kappa shape index (κ1) is 13.0. The lowest BCUT2D eigenvalue weighted by molar-refractivity contribution is 0.148. The monoisotopic (exact) mass is 224 g/mol. The molecule has 0 amide bonds. The molecular weight excluding hydrogens is 204 g/mol. The number of ether oxygens (including phenoxy) is 1. The lowest BCUT2D eigenvalue weighted by Gasteiger charge is -2.16. The summed E-state index contributed by atoms with van der Waals surface area (Å²) >= 11 is 0. The topological polar surface area (TPSA) is 49.7 Å². The van der Waals surface area contributed by atoms with Crippen LogP contribution in [0.5, 0.6) is 5.75 Å². The predicted octanol–water partition coefficient (Wildman–Crippen LogP) is 2.12. The summed E-state index contributed by atoms with van der Waals surface area (Å²) in [5, 5.41) is 18.7. The van der Waals surface area contributed by atoms with Gasteiger partial charge < -0.3 is 14.9 Å². The SMILES string of the molecule is COc1cc(C)c(C)cc1C(O)CCCO. The molecule has 0 aliphatic carbocycles. The maximum atomic E-state index is 9.99. The fraction of sp³-hybridized carbons (Fsp3) is 0.538. The number of rotatable bonds is 5. The second-order valence-corrected chi connectivity index (χ2v) is 4.06. The van der Waals surface area contributed by atoms with E-state index in [0.717, 1.165) is 16.7 Å². The fourth-order valence-corrected chi connectivity index (χ4v) is 1.69. The van der Waals surface area contributed by atoms with E-state index in [1.54, 1.807) is 7.11 Å². The van der Waals surface area contributed by atoms with Gasteiger partial charge in [-0.3, -0.25) is 0 Å². The minimum absolute atomic E-state index is 0.101. The standard InChI is InChI=1S/C13H20O3/c1-9-7-11(12(15)5-4-6-14)13(16-3)8-10(9)2/h7-8,12,14-15H,4-6H2,1-3H3. The Labute approximate surface area is 96.7 Å². The molecule has 0 fully saturated rings. The van der Waals surface area contributed by atoms with Crippen LogP contribution < -0.4 is 4.74 Å². The lowest BCUT2D eigenvalue weighted by atomic mass is 9.99. The van der Waals surface area contributed by atoms with Gasteiger partial charge in [0.25, 0.3) is 0 Å². The van der Waals surface area contributed by atoms with Gasteiger partial charge in [-0.05, 0) is 49.9 Å². The van der Waals surface area contributed by atoms with Gasteiger partial charge in [-0.1, -0.05) is 0 Å². The Hall–Kier alpha value is -1.06. The van der Waals surface area contributed by atoms with Crippen LogP contribution in [0, 0.1) is 13.8 Å². The first-order valence-corrected chi connectivity index (χ1v) is 5.54. The summed E-state index contributed by atoms with van der Waals surface area (Å²) in [4.78, 5) is 0. The molecule has 1 aromatic carbocycles. The van der Waals surface area contributed by atoms with E-state index in [2.05, 4.69) is 0 Å². The van der Waals surface area contributed by atoms with Crippen molar-refractivity contribution < 1.29 is 14.9 Å². The molecule has 1 unspecified atom stereocenters. The summed E-state index contributed by atoms with van der Waals surface area (Å²) in [5.74, 6) is 0.716. The Bertz CT molecular complexity index is 347. The van der Waals surface area contributed by atoms with Gasteiger partial charge >= 0.3 is 0 Å². The Kier molecular flexibility index (Phi) is 4.77. The molecular formula is C13H20O3. The summed E-state index contributed by atoms with van der Waals surface area (Å²) in [6.07, 6.45) is 0.577. The van der Waals surface area contributed by atoms with Gasteiger partial charge in [0, 0.05) is 12.2 Å². The number of methoxy groups -OCH3 is 1. The molecule has 3 nitrogen and oxygen atoms in total. The van der Waals surface area contributed by atoms with Crippen LogP contribution in [0.3, 0.4) is 0 Å². The van der Waals surface area contributed by atoms with Crippen LogP contribution in [0.4, 0.5) is 0 Å². The molecule has 0 aromatic heterocycles. The maximum Gasteiger partial charge on any atom is 0.124 e. The van der Waals surface area contributed by atoms with Crippen molar-refractivity contribution in [1.82, 2.24) is 0 Å². The molecule has 1 aromatic rings. The molecule has 1 atom stereocenters. The van der Waals surface area contributed by atoms with Crippen molar-refractivity contribution in [3.8, 4) is 5.75 Å². The number of aliphatic hydroxyl groups is 2. The van der Waals surface area contributed by atoms with Crippen molar-refractivity contribution in [1.29, 1.82) is 0 Å². The Balaban J connectivity index is 2.96. The average Bonchev–Trinajstić information content (AvgIpc) is 2.28. The average molecular weight is 224 g/mol. The first-order chi connectivity index (χ1) is 7.60. The van der Waals surface area contributed by atoms with Crippen molar-refractivity contribution in [2.75, 3.05) is 13.7 Å². The van der Waals surface area contributed by atoms with Crippen LogP contribution in [0.25, 0.3) is 0 Å². The highest BCUT2D eigenvalue weighted by atomic mass is 16.5. The van der Waals surface area contributed by atoms with Gasteiger partial charge in [-0.25, -0.2) is 0 Å². The van der Waals surface area contributed by atoms with Crippen LogP contribution in [0.2, 0.25) is 0 Å². The van der Waals surface area contributed by atoms with Gasteiger partial charge in [0.2, 0.25) is 0 Å². The zero-order valence-electron chi connectivity index (χ0n) is 10.2. The van der Waals surface area contributed by atoms with Crippen LogP contribution in [0.1, 0.15) is 35.6 Å². The first-order valence-electron chi connectivity index (χ1n) is 5.54. The molecule has 0 aliphatic rings. The van der Waals surface area contributed by atoms with Gasteiger partial charge in [0.15, 0.2) is 0 Å². The van der Waals surface area contributed by atoms with Gasteiger partial charge in [-0.2, -0.15) is 0 Å². The van der Waals surface area contributed by atoms with E-state index in [4.69, 9.17) is 9.84 Å². The largest absolute Gasteiger partial charge is 0.496 e. The van der Waals surface area contributed by atoms with Crippen LogP contribution in [-0.2, 0) is 0 Å². The Morgan fingerprint density at radius 1 is 1.25 bits per heavy atom. The van der Waals surface area contributed by atoms with E-state index in [-0.39, 0.29) is 6.61 Å². The van der Waals surface area contributed by atoms with Crippen molar-refractivity contribution in [2.24, 2.45) is 0 Å².